The van der Waals surface area contributed by atoms with Crippen LogP contribution in [0.5, 0.6) is 5.75 Å². The van der Waals surface area contributed by atoms with Crippen LogP contribution in [0.1, 0.15) is 41.5 Å². The van der Waals surface area contributed by atoms with E-state index >= 15 is 0 Å². The van der Waals surface area contributed by atoms with E-state index in [1.54, 1.807) is 0 Å². The number of para-hydroxylation sites is 1. The number of primary amides is 1. The Balaban J connectivity index is 1.66. The van der Waals surface area contributed by atoms with Crippen molar-refractivity contribution < 1.29 is 14.3 Å². The number of hydrogen-bond acceptors (Lipinski definition) is 5. The molecule has 0 radical (unpaired) electrons. The van der Waals surface area contributed by atoms with Crippen LogP contribution in [0, 0.1) is 13.8 Å². The molecule has 0 aliphatic carbocycles. The lowest BCUT2D eigenvalue weighted by atomic mass is 9.96. The monoisotopic (exact) mass is 382 g/mol. The summed E-state index contributed by atoms with van der Waals surface area (Å²) < 4.78 is 5.59. The Morgan fingerprint density at radius 2 is 1.86 bits per heavy atom. The SMILES string of the molecule is Cc1nc(C2CCCN(C(=O)COc3ccccc3)C2)nc(C)c1CC(N)=O. The third-order valence-corrected chi connectivity index (χ3v) is 5.03. The molecule has 1 saturated heterocycles. The van der Waals surface area contributed by atoms with Crippen LogP contribution in [0.4, 0.5) is 0 Å². The first kappa shape index (κ1) is 19.8. The number of rotatable bonds is 6. The maximum atomic E-state index is 12.6. The second-order valence-electron chi connectivity index (χ2n) is 7.15. The van der Waals surface area contributed by atoms with E-state index in [-0.39, 0.29) is 24.9 Å². The number of ether oxygens (including phenoxy) is 1. The van der Waals surface area contributed by atoms with Crippen molar-refractivity contribution in [2.45, 2.75) is 39.0 Å². The molecular formula is C21H26N4O3. The van der Waals surface area contributed by atoms with Crippen molar-refractivity contribution >= 4 is 11.8 Å². The van der Waals surface area contributed by atoms with Crippen LogP contribution in [0.2, 0.25) is 0 Å². The Bertz CT molecular complexity index is 831. The highest BCUT2D eigenvalue weighted by Crippen LogP contribution is 2.26. The van der Waals surface area contributed by atoms with Crippen molar-refractivity contribution in [3.8, 4) is 5.75 Å². The first-order valence-corrected chi connectivity index (χ1v) is 9.52. The number of nitrogens with zero attached hydrogens (tertiary/aromatic N) is 3. The third-order valence-electron chi connectivity index (χ3n) is 5.03. The number of likely N-dealkylation sites (tertiary alicyclic amines) is 1. The molecule has 7 nitrogen and oxygen atoms in total. The Morgan fingerprint density at radius 1 is 1.18 bits per heavy atom. The fourth-order valence-electron chi connectivity index (χ4n) is 3.55. The standard InChI is InChI=1S/C21H26N4O3/c1-14-18(11-19(22)26)15(2)24-21(23-14)16-7-6-10-25(12-16)20(27)13-28-17-8-4-3-5-9-17/h3-5,8-9,16H,6-7,10-13H2,1-2H3,(H2,22,26). The Hall–Kier alpha value is -2.96. The fourth-order valence-corrected chi connectivity index (χ4v) is 3.55. The molecule has 1 fully saturated rings. The van der Waals surface area contributed by atoms with Crippen molar-refractivity contribution in [1.29, 1.82) is 0 Å². The van der Waals surface area contributed by atoms with Crippen LogP contribution < -0.4 is 10.5 Å². The third kappa shape index (κ3) is 4.85. The molecule has 2 heterocycles. The van der Waals surface area contributed by atoms with Gasteiger partial charge < -0.3 is 15.4 Å². The van der Waals surface area contributed by atoms with E-state index in [9.17, 15) is 9.59 Å². The van der Waals surface area contributed by atoms with Crippen LogP contribution in [-0.4, -0.2) is 46.4 Å². The first-order chi connectivity index (χ1) is 13.4. The van der Waals surface area contributed by atoms with Crippen molar-refractivity contribution in [2.75, 3.05) is 19.7 Å². The maximum absolute atomic E-state index is 12.6. The van der Waals surface area contributed by atoms with E-state index in [0.717, 1.165) is 35.6 Å². The molecule has 1 aromatic heterocycles. The van der Waals surface area contributed by atoms with E-state index in [1.807, 2.05) is 49.1 Å². The van der Waals surface area contributed by atoms with Gasteiger partial charge in [0.2, 0.25) is 5.91 Å². The zero-order valence-corrected chi connectivity index (χ0v) is 16.4. The summed E-state index contributed by atoms with van der Waals surface area (Å²) >= 11 is 0. The van der Waals surface area contributed by atoms with Gasteiger partial charge in [-0.15, -0.1) is 0 Å². The van der Waals surface area contributed by atoms with Crippen molar-refractivity contribution in [2.24, 2.45) is 5.73 Å². The number of benzene rings is 1. The van der Waals surface area contributed by atoms with E-state index in [0.29, 0.717) is 18.8 Å². The minimum absolute atomic E-state index is 0.0210. The van der Waals surface area contributed by atoms with Gasteiger partial charge in [0.15, 0.2) is 6.61 Å². The second kappa shape index (κ2) is 8.82. The van der Waals surface area contributed by atoms with E-state index in [2.05, 4.69) is 9.97 Å². The number of carbonyl (C=O) groups is 2. The smallest absolute Gasteiger partial charge is 0.260 e. The average molecular weight is 382 g/mol. The average Bonchev–Trinajstić information content (AvgIpc) is 2.69. The summed E-state index contributed by atoms with van der Waals surface area (Å²) in [6, 6.07) is 9.32. The highest BCUT2D eigenvalue weighted by atomic mass is 16.5. The number of aryl methyl sites for hydroxylation is 2. The van der Waals surface area contributed by atoms with E-state index in [4.69, 9.17) is 10.5 Å². The van der Waals surface area contributed by atoms with Crippen molar-refractivity contribution in [3.63, 3.8) is 0 Å². The van der Waals surface area contributed by atoms with E-state index in [1.165, 1.54) is 0 Å². The minimum Gasteiger partial charge on any atom is -0.484 e. The molecule has 1 aromatic carbocycles. The van der Waals surface area contributed by atoms with Gasteiger partial charge in [0.05, 0.1) is 6.42 Å². The molecule has 2 amide bonds. The number of nitrogens with two attached hydrogens (primary N) is 1. The first-order valence-electron chi connectivity index (χ1n) is 9.52. The summed E-state index contributed by atoms with van der Waals surface area (Å²) in [5, 5.41) is 0. The number of hydrogen-bond donors (Lipinski definition) is 1. The summed E-state index contributed by atoms with van der Waals surface area (Å²) in [7, 11) is 0. The van der Waals surface area contributed by atoms with Crippen LogP contribution in [0.25, 0.3) is 0 Å². The molecule has 2 aromatic rings. The zero-order valence-electron chi connectivity index (χ0n) is 16.4. The Labute approximate surface area is 164 Å². The quantitative estimate of drug-likeness (QED) is 0.823. The molecule has 0 bridgehead atoms. The van der Waals surface area contributed by atoms with Gasteiger partial charge in [0.25, 0.3) is 5.91 Å². The van der Waals surface area contributed by atoms with Gasteiger partial charge in [-0.1, -0.05) is 18.2 Å². The zero-order chi connectivity index (χ0) is 20.1. The molecule has 0 spiro atoms. The summed E-state index contributed by atoms with van der Waals surface area (Å²) in [5.41, 5.74) is 7.65. The molecule has 1 aliphatic rings. The molecule has 7 heteroatoms. The highest BCUT2D eigenvalue weighted by Gasteiger charge is 2.27. The number of carbonyl (C=O) groups excluding carboxylic acids is 2. The number of amides is 2. The van der Waals surface area contributed by atoms with Gasteiger partial charge in [-0.3, -0.25) is 9.59 Å². The van der Waals surface area contributed by atoms with E-state index < -0.39 is 5.91 Å². The summed E-state index contributed by atoms with van der Waals surface area (Å²) in [6.45, 7) is 5.05. The fraction of sp³-hybridized carbons (Fsp3) is 0.429. The molecule has 2 N–H and O–H groups in total. The molecule has 1 unspecified atom stereocenters. The Morgan fingerprint density at radius 3 is 2.50 bits per heavy atom. The molecule has 1 atom stereocenters. The Kier molecular flexibility index (Phi) is 6.23. The predicted molar refractivity (Wildman–Crippen MR) is 105 cm³/mol. The van der Waals surface area contributed by atoms with Crippen LogP contribution in [0.15, 0.2) is 30.3 Å². The van der Waals surface area contributed by atoms with Crippen LogP contribution in [-0.2, 0) is 16.0 Å². The molecule has 28 heavy (non-hydrogen) atoms. The largest absolute Gasteiger partial charge is 0.484 e. The van der Waals surface area contributed by atoms with Gasteiger partial charge in [-0.25, -0.2) is 9.97 Å². The highest BCUT2D eigenvalue weighted by molar-refractivity contribution is 5.78. The maximum Gasteiger partial charge on any atom is 0.260 e. The van der Waals surface area contributed by atoms with Gasteiger partial charge in [-0.05, 0) is 38.8 Å². The molecule has 1 aliphatic heterocycles. The predicted octanol–water partition coefficient (Wildman–Crippen LogP) is 1.91. The van der Waals surface area contributed by atoms with Crippen LogP contribution in [0.3, 0.4) is 0 Å². The van der Waals surface area contributed by atoms with Gasteiger partial charge >= 0.3 is 0 Å². The molecule has 3 rings (SSSR count). The number of aromatic nitrogens is 2. The molecular weight excluding hydrogens is 356 g/mol. The summed E-state index contributed by atoms with van der Waals surface area (Å²) in [6.07, 6.45) is 1.97. The summed E-state index contributed by atoms with van der Waals surface area (Å²) in [5.74, 6) is 1.06. The lowest BCUT2D eigenvalue weighted by Crippen LogP contribution is -2.42. The lowest BCUT2D eigenvalue weighted by molar-refractivity contribution is -0.134. The van der Waals surface area contributed by atoms with Crippen LogP contribution >= 0.6 is 0 Å². The van der Waals surface area contributed by atoms with Crippen molar-refractivity contribution in [3.05, 3.63) is 53.1 Å². The summed E-state index contributed by atoms with van der Waals surface area (Å²) in [4.78, 5) is 34.9. The van der Waals surface area contributed by atoms with Gasteiger partial charge in [-0.2, -0.15) is 0 Å². The van der Waals surface area contributed by atoms with Crippen molar-refractivity contribution in [1.82, 2.24) is 14.9 Å². The van der Waals surface area contributed by atoms with Gasteiger partial charge in [0.1, 0.15) is 11.6 Å². The normalized spacial score (nSPS) is 16.6. The topological polar surface area (TPSA) is 98.4 Å². The lowest BCUT2D eigenvalue weighted by Gasteiger charge is -2.32. The molecule has 0 saturated carbocycles. The van der Waals surface area contributed by atoms with Gasteiger partial charge in [0, 0.05) is 36.0 Å². The minimum atomic E-state index is -0.393. The number of piperidine rings is 1. The molecule has 148 valence electrons. The second-order valence-corrected chi connectivity index (χ2v) is 7.15.